The second-order valence-electron chi connectivity index (χ2n) is 4.82. The monoisotopic (exact) mass is 324 g/mol. The van der Waals surface area contributed by atoms with Gasteiger partial charge in [0.05, 0.1) is 14.2 Å². The molecule has 11 heteroatoms. The fourth-order valence-corrected chi connectivity index (χ4v) is 1.86. The van der Waals surface area contributed by atoms with Crippen LogP contribution in [0.4, 0.5) is 11.9 Å². The van der Waals surface area contributed by atoms with Gasteiger partial charge in [-0.2, -0.15) is 0 Å². The van der Waals surface area contributed by atoms with Crippen LogP contribution < -0.4 is 15.4 Å². The van der Waals surface area contributed by atoms with Crippen LogP contribution in [0.15, 0.2) is 0 Å². The molecule has 0 atom stereocenters. The van der Waals surface area contributed by atoms with Gasteiger partial charge in [0.2, 0.25) is 0 Å². The Morgan fingerprint density at radius 3 is 2.61 bits per heavy atom. The van der Waals surface area contributed by atoms with Crippen LogP contribution in [-0.2, 0) is 14.3 Å². The van der Waals surface area contributed by atoms with Gasteiger partial charge in [-0.25, -0.2) is 14.3 Å². The Morgan fingerprint density at radius 1 is 1.35 bits per heavy atom. The number of anilines is 1. The largest absolute Gasteiger partial charge is 0.467 e. The Balaban J connectivity index is 2.42. The normalized spacial score (nSPS) is 14.3. The zero-order chi connectivity index (χ0) is 17.1. The van der Waals surface area contributed by atoms with E-state index in [2.05, 4.69) is 19.7 Å². The van der Waals surface area contributed by atoms with E-state index in [0.29, 0.717) is 5.95 Å². The van der Waals surface area contributed by atoms with Crippen molar-refractivity contribution in [3.8, 4) is 6.01 Å². The molecule has 1 amide bonds. The summed E-state index contributed by atoms with van der Waals surface area (Å²) in [7, 11) is 6.16. The third kappa shape index (κ3) is 3.27. The standard InChI is InChI=1S/C12H17N7O4/c1-17(2)10-14-11(16-12(15-10)23-4)19-5-7(20)18(9(19)13)6-8(21)22-3/h13H,5-6H2,1-4H3/p+1. The number of amides is 1. The summed E-state index contributed by atoms with van der Waals surface area (Å²) in [6.45, 7) is -0.372. The zero-order valence-corrected chi connectivity index (χ0v) is 13.3. The minimum Gasteiger partial charge on any atom is -0.467 e. The van der Waals surface area contributed by atoms with E-state index in [9.17, 15) is 9.59 Å². The van der Waals surface area contributed by atoms with Gasteiger partial charge in [-0.05, 0) is 0 Å². The number of hydrogen-bond acceptors (Lipinski definition) is 9. The lowest BCUT2D eigenvalue weighted by molar-refractivity contribution is -0.432. The summed E-state index contributed by atoms with van der Waals surface area (Å²) in [5, 5.41) is 0. The van der Waals surface area contributed by atoms with Crippen molar-refractivity contribution in [1.82, 2.24) is 19.9 Å². The molecule has 124 valence electrons. The molecule has 0 radical (unpaired) electrons. The molecule has 0 aromatic carbocycles. The molecular weight excluding hydrogens is 306 g/mol. The van der Waals surface area contributed by atoms with Crippen molar-refractivity contribution in [1.29, 1.82) is 0 Å². The van der Waals surface area contributed by atoms with Gasteiger partial charge in [-0.3, -0.25) is 4.79 Å². The Labute approximate surface area is 132 Å². The SMILES string of the molecule is COC(=O)CN1C(=O)C[N+](c2nc(OC)nc(N(C)C)n2)=C1N. The molecule has 0 aliphatic carbocycles. The van der Waals surface area contributed by atoms with Crippen LogP contribution in [-0.4, -0.2) is 83.7 Å². The number of aromatic nitrogens is 3. The highest BCUT2D eigenvalue weighted by Gasteiger charge is 2.37. The van der Waals surface area contributed by atoms with E-state index < -0.39 is 5.97 Å². The molecule has 0 fully saturated rings. The second-order valence-corrected chi connectivity index (χ2v) is 4.82. The molecule has 1 aromatic heterocycles. The van der Waals surface area contributed by atoms with Crippen molar-refractivity contribution in [2.45, 2.75) is 0 Å². The number of ether oxygens (including phenoxy) is 2. The lowest BCUT2D eigenvalue weighted by atomic mass is 10.5. The summed E-state index contributed by atoms with van der Waals surface area (Å²) in [5.74, 6) is -0.403. The van der Waals surface area contributed by atoms with Gasteiger partial charge in [-0.1, -0.05) is 9.97 Å². The molecule has 0 saturated carbocycles. The van der Waals surface area contributed by atoms with Gasteiger partial charge in [-0.15, -0.1) is 4.98 Å². The zero-order valence-electron chi connectivity index (χ0n) is 13.3. The van der Waals surface area contributed by atoms with Gasteiger partial charge in [0.25, 0.3) is 17.8 Å². The average molecular weight is 324 g/mol. The molecule has 23 heavy (non-hydrogen) atoms. The predicted octanol–water partition coefficient (Wildman–Crippen LogP) is -2.08. The lowest BCUT2D eigenvalue weighted by Gasteiger charge is -2.10. The van der Waals surface area contributed by atoms with Crippen LogP contribution in [0.5, 0.6) is 6.01 Å². The van der Waals surface area contributed by atoms with Crippen molar-refractivity contribution >= 4 is 29.7 Å². The smallest absolute Gasteiger partial charge is 0.370 e. The number of esters is 1. The van der Waals surface area contributed by atoms with Crippen molar-refractivity contribution in [2.24, 2.45) is 5.73 Å². The highest BCUT2D eigenvalue weighted by Crippen LogP contribution is 2.17. The maximum Gasteiger partial charge on any atom is 0.370 e. The highest BCUT2D eigenvalue weighted by atomic mass is 16.5. The van der Waals surface area contributed by atoms with E-state index in [1.165, 1.54) is 18.8 Å². The summed E-state index contributed by atoms with van der Waals surface area (Å²) in [6, 6.07) is 0.0883. The highest BCUT2D eigenvalue weighted by molar-refractivity contribution is 6.00. The maximum absolute atomic E-state index is 12.1. The molecule has 2 rings (SSSR count). The Bertz CT molecular complexity index is 673. The van der Waals surface area contributed by atoms with E-state index in [0.717, 1.165) is 4.90 Å². The van der Waals surface area contributed by atoms with Crippen LogP contribution in [0.1, 0.15) is 0 Å². The Kier molecular flexibility index (Phi) is 4.57. The first-order chi connectivity index (χ1) is 10.9. The molecule has 2 heterocycles. The fraction of sp³-hybridized carbons (Fsp3) is 0.500. The number of guanidine groups is 1. The fourth-order valence-electron chi connectivity index (χ4n) is 1.86. The number of carbonyl (C=O) groups excluding carboxylic acids is 2. The van der Waals surface area contributed by atoms with Crippen LogP contribution in [0, 0.1) is 0 Å². The Hall–Kier alpha value is -2.98. The van der Waals surface area contributed by atoms with Gasteiger partial charge >= 0.3 is 17.9 Å². The number of hydrogen-bond donors (Lipinski definition) is 1. The van der Waals surface area contributed by atoms with Crippen LogP contribution >= 0.6 is 0 Å². The van der Waals surface area contributed by atoms with Gasteiger partial charge in [0.15, 0.2) is 6.54 Å². The van der Waals surface area contributed by atoms with E-state index in [-0.39, 0.29) is 36.9 Å². The molecule has 11 nitrogen and oxygen atoms in total. The lowest BCUT2D eigenvalue weighted by Crippen LogP contribution is -2.42. The van der Waals surface area contributed by atoms with Crippen LogP contribution in [0.2, 0.25) is 0 Å². The molecule has 0 spiro atoms. The first-order valence-electron chi connectivity index (χ1n) is 6.62. The van der Waals surface area contributed by atoms with Crippen molar-refractivity contribution in [3.05, 3.63) is 0 Å². The molecule has 2 N–H and O–H groups in total. The summed E-state index contributed by atoms with van der Waals surface area (Å²) >= 11 is 0. The number of nitrogens with two attached hydrogens (primary N) is 1. The minimum absolute atomic E-state index is 0.0401. The first-order valence-corrected chi connectivity index (χ1v) is 6.62. The predicted molar refractivity (Wildman–Crippen MR) is 78.4 cm³/mol. The van der Waals surface area contributed by atoms with E-state index in [1.807, 2.05) is 0 Å². The van der Waals surface area contributed by atoms with Crippen LogP contribution in [0.3, 0.4) is 0 Å². The maximum atomic E-state index is 12.1. The third-order valence-corrected chi connectivity index (χ3v) is 3.08. The summed E-state index contributed by atoms with van der Waals surface area (Å²) in [6.07, 6.45) is 0. The number of rotatable bonds is 5. The van der Waals surface area contributed by atoms with Crippen molar-refractivity contribution < 1.29 is 23.6 Å². The number of carbonyl (C=O) groups is 2. The molecule has 0 bridgehead atoms. The van der Waals surface area contributed by atoms with E-state index in [4.69, 9.17) is 10.5 Å². The van der Waals surface area contributed by atoms with Gasteiger partial charge < -0.3 is 20.1 Å². The quantitative estimate of drug-likeness (QED) is 0.479. The molecule has 1 aliphatic heterocycles. The molecule has 0 saturated heterocycles. The summed E-state index contributed by atoms with van der Waals surface area (Å²) < 4.78 is 11.0. The molecule has 0 unspecified atom stereocenters. The van der Waals surface area contributed by atoms with E-state index >= 15 is 0 Å². The van der Waals surface area contributed by atoms with Crippen molar-refractivity contribution in [3.63, 3.8) is 0 Å². The molecule has 1 aromatic rings. The molecular formula is C12H18N7O4+. The van der Waals surface area contributed by atoms with Gasteiger partial charge in [0.1, 0.15) is 6.54 Å². The topological polar surface area (TPSA) is 127 Å². The summed E-state index contributed by atoms with van der Waals surface area (Å²) in [5.41, 5.74) is 5.95. The number of nitrogens with zero attached hydrogens (tertiary/aromatic N) is 6. The second kappa shape index (κ2) is 6.42. The first kappa shape index (κ1) is 16.4. The third-order valence-electron chi connectivity index (χ3n) is 3.08. The number of methoxy groups -OCH3 is 2. The van der Waals surface area contributed by atoms with E-state index in [1.54, 1.807) is 19.0 Å². The molecule has 1 aliphatic rings. The minimum atomic E-state index is -0.578. The average Bonchev–Trinajstić information content (AvgIpc) is 2.82. The Morgan fingerprint density at radius 2 is 2.04 bits per heavy atom. The van der Waals surface area contributed by atoms with Gasteiger partial charge in [0, 0.05) is 14.1 Å². The van der Waals surface area contributed by atoms with Crippen molar-refractivity contribution in [2.75, 3.05) is 46.3 Å². The van der Waals surface area contributed by atoms with Crippen LogP contribution in [0.25, 0.3) is 0 Å². The summed E-state index contributed by atoms with van der Waals surface area (Å²) in [4.78, 5) is 38.6.